The predicted molar refractivity (Wildman–Crippen MR) is 128 cm³/mol. The van der Waals surface area contributed by atoms with Crippen molar-refractivity contribution < 1.29 is 8.78 Å². The van der Waals surface area contributed by atoms with Crippen LogP contribution in [0.15, 0.2) is 36.8 Å². The van der Waals surface area contributed by atoms with E-state index in [-0.39, 0.29) is 5.56 Å². The third-order valence-electron chi connectivity index (χ3n) is 6.40. The molecule has 2 fully saturated rings. The number of alkyl halides is 2. The molecule has 4 aromatic heterocycles. The highest BCUT2D eigenvalue weighted by atomic mass is 32.1. The number of thiazole rings is 1. The first kappa shape index (κ1) is 21.2. The van der Waals surface area contributed by atoms with Crippen LogP contribution < -0.4 is 10.2 Å². The number of piperazine rings is 1. The fourth-order valence-corrected chi connectivity index (χ4v) is 5.60. The predicted octanol–water partition coefficient (Wildman–Crippen LogP) is 4.43. The van der Waals surface area contributed by atoms with Gasteiger partial charge in [0.05, 0.1) is 10.2 Å². The van der Waals surface area contributed by atoms with E-state index in [4.69, 9.17) is 4.98 Å². The van der Waals surface area contributed by atoms with Crippen LogP contribution in [-0.4, -0.2) is 62.0 Å². The van der Waals surface area contributed by atoms with Gasteiger partial charge in [-0.15, -0.1) is 11.3 Å². The lowest BCUT2D eigenvalue weighted by Crippen LogP contribution is -2.45. The minimum atomic E-state index is -2.57. The van der Waals surface area contributed by atoms with E-state index in [9.17, 15) is 8.78 Å². The molecule has 0 spiro atoms. The number of likely N-dealkylation sites (tertiary alicyclic amines) is 1. The highest BCUT2D eigenvalue weighted by molar-refractivity contribution is 7.21. The Kier molecular flexibility index (Phi) is 5.10. The Balaban J connectivity index is 1.26. The fraction of sp³-hybridized carbons (Fsp3) is 0.348. The Labute approximate surface area is 198 Å². The van der Waals surface area contributed by atoms with Crippen LogP contribution in [-0.2, 0) is 0 Å². The van der Waals surface area contributed by atoms with Gasteiger partial charge in [-0.05, 0) is 26.5 Å². The molecule has 34 heavy (non-hydrogen) atoms. The molecule has 1 N–H and O–H groups in total. The summed E-state index contributed by atoms with van der Waals surface area (Å²) in [5, 5.41) is 3.90. The number of rotatable bonds is 5. The van der Waals surface area contributed by atoms with Crippen LogP contribution >= 0.6 is 11.3 Å². The Hall–Kier alpha value is -3.31. The van der Waals surface area contributed by atoms with E-state index in [1.807, 2.05) is 19.1 Å². The maximum absolute atomic E-state index is 13.1. The molecular formula is C23H22F2N8S. The molecule has 174 valence electrons. The number of nitrogens with one attached hydrogen (secondary N) is 1. The summed E-state index contributed by atoms with van der Waals surface area (Å²) < 4.78 is 27.0. The van der Waals surface area contributed by atoms with Crippen molar-refractivity contribution in [3.8, 4) is 10.6 Å². The van der Waals surface area contributed by atoms with Crippen LogP contribution in [0, 0.1) is 6.92 Å². The van der Waals surface area contributed by atoms with E-state index in [0.29, 0.717) is 34.3 Å². The number of pyridine rings is 2. The van der Waals surface area contributed by atoms with Crippen LogP contribution in [0.2, 0.25) is 0 Å². The summed E-state index contributed by atoms with van der Waals surface area (Å²) in [6, 6.07) is 6.17. The van der Waals surface area contributed by atoms with Gasteiger partial charge in [0.25, 0.3) is 6.43 Å². The van der Waals surface area contributed by atoms with Gasteiger partial charge in [-0.25, -0.2) is 23.7 Å². The third-order valence-corrected chi connectivity index (χ3v) is 7.46. The van der Waals surface area contributed by atoms with Crippen molar-refractivity contribution in [2.24, 2.45) is 0 Å². The molecule has 2 bridgehead atoms. The van der Waals surface area contributed by atoms with Gasteiger partial charge in [0.1, 0.15) is 16.6 Å². The van der Waals surface area contributed by atoms with Gasteiger partial charge in [-0.3, -0.25) is 9.88 Å². The molecule has 2 aliphatic rings. The Morgan fingerprint density at radius 2 is 1.91 bits per heavy atom. The van der Waals surface area contributed by atoms with Crippen LogP contribution in [0.1, 0.15) is 24.1 Å². The number of likely N-dealkylation sites (N-methyl/N-ethyl adjacent to an activating group) is 1. The lowest BCUT2D eigenvalue weighted by molar-refractivity contribution is 0.151. The summed E-state index contributed by atoms with van der Waals surface area (Å²) in [6.07, 6.45) is 3.03. The summed E-state index contributed by atoms with van der Waals surface area (Å²) >= 11 is 1.39. The molecule has 0 aromatic carbocycles. The summed E-state index contributed by atoms with van der Waals surface area (Å²) in [5.74, 6) is 2.02. The van der Waals surface area contributed by atoms with Gasteiger partial charge < -0.3 is 10.2 Å². The molecule has 0 saturated carbocycles. The van der Waals surface area contributed by atoms with Gasteiger partial charge >= 0.3 is 0 Å². The van der Waals surface area contributed by atoms with E-state index in [1.54, 1.807) is 12.4 Å². The number of hydrogen-bond acceptors (Lipinski definition) is 9. The third kappa shape index (κ3) is 3.84. The molecule has 4 aromatic rings. The van der Waals surface area contributed by atoms with E-state index in [0.717, 1.165) is 41.4 Å². The first-order valence-electron chi connectivity index (χ1n) is 11.0. The zero-order valence-electron chi connectivity index (χ0n) is 18.6. The van der Waals surface area contributed by atoms with Crippen molar-refractivity contribution in [2.45, 2.75) is 31.9 Å². The molecule has 0 aliphatic carbocycles. The largest absolute Gasteiger partial charge is 0.335 e. The van der Waals surface area contributed by atoms with Crippen molar-refractivity contribution in [1.82, 2.24) is 29.8 Å². The highest BCUT2D eigenvalue weighted by Gasteiger charge is 2.42. The van der Waals surface area contributed by atoms with E-state index in [2.05, 4.69) is 42.1 Å². The number of halogens is 2. The normalized spacial score (nSPS) is 20.1. The van der Waals surface area contributed by atoms with Crippen molar-refractivity contribution in [3.63, 3.8) is 0 Å². The lowest BCUT2D eigenvalue weighted by atomic mass is 10.2. The Bertz CT molecular complexity index is 1370. The van der Waals surface area contributed by atoms with Gasteiger partial charge in [0.2, 0.25) is 5.95 Å². The number of nitrogens with zero attached hydrogens (tertiary/aromatic N) is 7. The summed E-state index contributed by atoms with van der Waals surface area (Å²) in [6.45, 7) is 3.93. The first-order valence-corrected chi connectivity index (χ1v) is 11.8. The van der Waals surface area contributed by atoms with Crippen LogP contribution in [0.25, 0.3) is 20.8 Å². The molecule has 11 heteroatoms. The molecule has 2 aliphatic heterocycles. The molecule has 6 heterocycles. The molecule has 2 saturated heterocycles. The van der Waals surface area contributed by atoms with Gasteiger partial charge in [0, 0.05) is 72.7 Å². The van der Waals surface area contributed by atoms with Gasteiger partial charge in [0.15, 0.2) is 0 Å². The molecule has 0 radical (unpaired) electrons. The summed E-state index contributed by atoms with van der Waals surface area (Å²) in [4.78, 5) is 27.2. The van der Waals surface area contributed by atoms with E-state index < -0.39 is 6.43 Å². The lowest BCUT2D eigenvalue weighted by Gasteiger charge is -2.32. The van der Waals surface area contributed by atoms with Gasteiger partial charge in [-0.2, -0.15) is 4.98 Å². The van der Waals surface area contributed by atoms with Crippen molar-refractivity contribution in [2.75, 3.05) is 30.4 Å². The average molecular weight is 481 g/mol. The average Bonchev–Trinajstić information content (AvgIpc) is 3.52. The second-order valence-electron chi connectivity index (χ2n) is 8.82. The number of hydrogen-bond donors (Lipinski definition) is 1. The molecule has 0 amide bonds. The Morgan fingerprint density at radius 3 is 2.68 bits per heavy atom. The molecule has 0 unspecified atom stereocenters. The van der Waals surface area contributed by atoms with E-state index in [1.165, 1.54) is 23.6 Å². The second-order valence-corrected chi connectivity index (χ2v) is 9.85. The quantitative estimate of drug-likeness (QED) is 0.449. The number of aryl methyl sites for hydroxylation is 1. The first-order chi connectivity index (χ1) is 16.4. The van der Waals surface area contributed by atoms with E-state index >= 15 is 0 Å². The highest BCUT2D eigenvalue weighted by Crippen LogP contribution is 2.34. The second kappa shape index (κ2) is 8.17. The minimum Gasteiger partial charge on any atom is -0.335 e. The standard InChI is InChI=1S/C23H22F2N8S/c1-12-3-20(31-23(28-12)33-11-15-5-16(33)10-32(15)2)30-19-6-17-18(9-27-19)34-22(29-17)14-4-13(21(24)25)7-26-8-14/h3-4,6-9,15-16,21H,5,10-11H2,1-2H3,(H,27,28,30,31)/t15-,16-/m0/s1. The zero-order chi connectivity index (χ0) is 23.4. The molecule has 2 atom stereocenters. The minimum absolute atomic E-state index is 0.120. The van der Waals surface area contributed by atoms with Crippen LogP contribution in [0.4, 0.5) is 26.4 Å². The van der Waals surface area contributed by atoms with Crippen LogP contribution in [0.5, 0.6) is 0 Å². The Morgan fingerprint density at radius 1 is 1.03 bits per heavy atom. The molecular weight excluding hydrogens is 458 g/mol. The van der Waals surface area contributed by atoms with Crippen LogP contribution in [0.3, 0.4) is 0 Å². The maximum Gasteiger partial charge on any atom is 0.265 e. The van der Waals surface area contributed by atoms with Crippen molar-refractivity contribution >= 4 is 39.1 Å². The summed E-state index contributed by atoms with van der Waals surface area (Å²) in [7, 11) is 2.17. The topological polar surface area (TPSA) is 83.0 Å². The SMILES string of the molecule is Cc1cc(Nc2cc3nc(-c4cncc(C(F)F)c4)sc3cn2)nc(N2C[C@@H]3C[C@H]2CN3C)n1. The zero-order valence-corrected chi connectivity index (χ0v) is 19.4. The molecule has 6 rings (SSSR count). The monoisotopic (exact) mass is 480 g/mol. The van der Waals surface area contributed by atoms with Crippen molar-refractivity contribution in [3.05, 3.63) is 48.0 Å². The van der Waals surface area contributed by atoms with Crippen molar-refractivity contribution in [1.29, 1.82) is 0 Å². The number of fused-ring (bicyclic) bond motifs is 3. The summed E-state index contributed by atoms with van der Waals surface area (Å²) in [5.41, 5.74) is 2.05. The molecule has 8 nitrogen and oxygen atoms in total. The fourth-order valence-electron chi connectivity index (χ4n) is 4.71. The number of aromatic nitrogens is 5. The maximum atomic E-state index is 13.1. The smallest absolute Gasteiger partial charge is 0.265 e. The number of anilines is 3. The van der Waals surface area contributed by atoms with Gasteiger partial charge in [-0.1, -0.05) is 0 Å².